The van der Waals surface area contributed by atoms with Crippen LogP contribution in [0.15, 0.2) is 48.8 Å². The minimum atomic E-state index is 0.552. The summed E-state index contributed by atoms with van der Waals surface area (Å²) >= 11 is 0. The van der Waals surface area contributed by atoms with Crippen LogP contribution in [0.5, 0.6) is 0 Å². The molecule has 0 bridgehead atoms. The van der Waals surface area contributed by atoms with Crippen molar-refractivity contribution in [2.45, 2.75) is 6.54 Å². The van der Waals surface area contributed by atoms with Crippen molar-refractivity contribution in [3.8, 4) is 6.07 Å². The van der Waals surface area contributed by atoms with Gasteiger partial charge in [0, 0.05) is 28.9 Å². The van der Waals surface area contributed by atoms with Gasteiger partial charge >= 0.3 is 0 Å². The third kappa shape index (κ3) is 2.06. The van der Waals surface area contributed by atoms with Crippen LogP contribution in [0, 0.1) is 11.3 Å². The fraction of sp³-hybridized carbons (Fsp3) is 0.0625. The van der Waals surface area contributed by atoms with Gasteiger partial charge in [-0.1, -0.05) is 6.07 Å². The fourth-order valence-corrected chi connectivity index (χ4v) is 2.29. The van der Waals surface area contributed by atoms with Crippen molar-refractivity contribution in [3.63, 3.8) is 0 Å². The largest absolute Gasteiger partial charge is 0.341 e. The van der Waals surface area contributed by atoms with E-state index in [0.717, 1.165) is 22.9 Å². The van der Waals surface area contributed by atoms with Gasteiger partial charge in [0.05, 0.1) is 23.9 Å². The molecule has 0 saturated carbocycles. The van der Waals surface area contributed by atoms with Crippen molar-refractivity contribution >= 4 is 17.2 Å². The molecule has 4 heteroatoms. The monoisotopic (exact) mass is 261 g/mol. The van der Waals surface area contributed by atoms with Crippen LogP contribution in [0.25, 0.3) is 10.9 Å². The van der Waals surface area contributed by atoms with Crippen LogP contribution in [0.2, 0.25) is 0 Å². The molecule has 0 atom stereocenters. The number of pyridine rings is 1. The first kappa shape index (κ1) is 12.1. The number of nitriles is 1. The predicted octanol–water partition coefficient (Wildman–Crippen LogP) is 2.77. The normalized spacial score (nSPS) is 10.3. The molecule has 0 amide bonds. The number of benzene rings is 1. The number of fused-ring (bicyclic) bond motifs is 1. The van der Waals surface area contributed by atoms with Gasteiger partial charge in [-0.15, -0.1) is 0 Å². The number of carbonyl (C=O) groups excluding carboxylic acids is 1. The van der Waals surface area contributed by atoms with Gasteiger partial charge in [0.2, 0.25) is 0 Å². The Morgan fingerprint density at radius 1 is 1.30 bits per heavy atom. The SMILES string of the molecule is N#Cc1ccc2c(c1)c(C=O)cn2Cc1ccccn1. The summed E-state index contributed by atoms with van der Waals surface area (Å²) in [5, 5.41) is 9.75. The zero-order valence-corrected chi connectivity index (χ0v) is 10.7. The number of carbonyl (C=O) groups is 1. The van der Waals surface area contributed by atoms with Crippen LogP contribution in [-0.4, -0.2) is 15.8 Å². The van der Waals surface area contributed by atoms with Crippen LogP contribution in [0.4, 0.5) is 0 Å². The summed E-state index contributed by atoms with van der Waals surface area (Å²) in [7, 11) is 0. The fourth-order valence-electron chi connectivity index (χ4n) is 2.29. The molecule has 0 radical (unpaired) electrons. The van der Waals surface area contributed by atoms with E-state index in [-0.39, 0.29) is 0 Å². The van der Waals surface area contributed by atoms with E-state index < -0.39 is 0 Å². The van der Waals surface area contributed by atoms with Gasteiger partial charge in [-0.05, 0) is 30.3 Å². The summed E-state index contributed by atoms with van der Waals surface area (Å²) in [4.78, 5) is 15.5. The number of hydrogen-bond acceptors (Lipinski definition) is 3. The molecule has 0 fully saturated rings. The summed E-state index contributed by atoms with van der Waals surface area (Å²) in [6, 6.07) is 13.2. The minimum Gasteiger partial charge on any atom is -0.341 e. The standard InChI is InChI=1S/C16H11N3O/c17-8-12-4-5-16-15(7-12)13(11-20)9-19(16)10-14-3-1-2-6-18-14/h1-7,9,11H,10H2. The van der Waals surface area contributed by atoms with E-state index in [9.17, 15) is 4.79 Å². The first-order chi connectivity index (χ1) is 9.81. The summed E-state index contributed by atoms with van der Waals surface area (Å²) < 4.78 is 1.97. The highest BCUT2D eigenvalue weighted by Crippen LogP contribution is 2.22. The lowest BCUT2D eigenvalue weighted by Crippen LogP contribution is -1.99. The Morgan fingerprint density at radius 3 is 2.90 bits per heavy atom. The highest BCUT2D eigenvalue weighted by molar-refractivity contribution is 5.98. The Balaban J connectivity index is 2.12. The van der Waals surface area contributed by atoms with Crippen molar-refractivity contribution in [1.82, 2.24) is 9.55 Å². The van der Waals surface area contributed by atoms with Crippen LogP contribution >= 0.6 is 0 Å². The molecular formula is C16H11N3O. The molecule has 0 spiro atoms. The molecule has 4 nitrogen and oxygen atoms in total. The second-order valence-corrected chi connectivity index (χ2v) is 4.50. The molecule has 1 aromatic carbocycles. The highest BCUT2D eigenvalue weighted by Gasteiger charge is 2.09. The van der Waals surface area contributed by atoms with Gasteiger partial charge in [-0.3, -0.25) is 9.78 Å². The van der Waals surface area contributed by atoms with Crippen LogP contribution in [0.1, 0.15) is 21.6 Å². The van der Waals surface area contributed by atoms with Gasteiger partial charge in [-0.25, -0.2) is 0 Å². The lowest BCUT2D eigenvalue weighted by Gasteiger charge is -2.04. The average Bonchev–Trinajstić information content (AvgIpc) is 2.85. The number of rotatable bonds is 3. The molecule has 0 saturated heterocycles. The molecule has 0 N–H and O–H groups in total. The average molecular weight is 261 g/mol. The molecular weight excluding hydrogens is 250 g/mol. The van der Waals surface area contributed by atoms with Crippen LogP contribution in [-0.2, 0) is 6.54 Å². The van der Waals surface area contributed by atoms with E-state index in [2.05, 4.69) is 11.1 Å². The molecule has 2 aromatic heterocycles. The Hall–Kier alpha value is -2.93. The summed E-state index contributed by atoms with van der Waals surface area (Å²) in [6.07, 6.45) is 4.36. The Morgan fingerprint density at radius 2 is 2.20 bits per heavy atom. The third-order valence-corrected chi connectivity index (χ3v) is 3.23. The van der Waals surface area contributed by atoms with Crippen LogP contribution < -0.4 is 0 Å². The first-order valence-corrected chi connectivity index (χ1v) is 6.20. The maximum absolute atomic E-state index is 11.2. The van der Waals surface area contributed by atoms with E-state index in [1.54, 1.807) is 24.5 Å². The molecule has 96 valence electrons. The predicted molar refractivity (Wildman–Crippen MR) is 75.4 cm³/mol. The Kier molecular flexibility index (Phi) is 3.02. The topological polar surface area (TPSA) is 58.7 Å². The van der Waals surface area contributed by atoms with Gasteiger partial charge in [-0.2, -0.15) is 5.26 Å². The minimum absolute atomic E-state index is 0.552. The van der Waals surface area contributed by atoms with Crippen molar-refractivity contribution in [1.29, 1.82) is 5.26 Å². The van der Waals surface area contributed by atoms with Gasteiger partial charge in [0.1, 0.15) is 0 Å². The van der Waals surface area contributed by atoms with E-state index >= 15 is 0 Å². The van der Waals surface area contributed by atoms with E-state index in [4.69, 9.17) is 5.26 Å². The smallest absolute Gasteiger partial charge is 0.152 e. The number of aldehydes is 1. The van der Waals surface area contributed by atoms with E-state index in [0.29, 0.717) is 17.7 Å². The molecule has 0 aliphatic heterocycles. The maximum Gasteiger partial charge on any atom is 0.152 e. The Bertz CT molecular complexity index is 813. The zero-order valence-electron chi connectivity index (χ0n) is 10.7. The molecule has 3 aromatic rings. The van der Waals surface area contributed by atoms with Gasteiger partial charge in [0.15, 0.2) is 6.29 Å². The molecule has 0 unspecified atom stereocenters. The summed E-state index contributed by atoms with van der Waals surface area (Å²) in [6.45, 7) is 0.594. The molecule has 20 heavy (non-hydrogen) atoms. The number of nitrogens with zero attached hydrogens (tertiary/aromatic N) is 3. The third-order valence-electron chi connectivity index (χ3n) is 3.23. The second-order valence-electron chi connectivity index (χ2n) is 4.50. The first-order valence-electron chi connectivity index (χ1n) is 6.20. The van der Waals surface area contributed by atoms with Crippen LogP contribution in [0.3, 0.4) is 0 Å². The van der Waals surface area contributed by atoms with Crippen molar-refractivity contribution in [3.05, 3.63) is 65.6 Å². The molecule has 0 aliphatic rings. The highest BCUT2D eigenvalue weighted by atomic mass is 16.1. The summed E-state index contributed by atoms with van der Waals surface area (Å²) in [5.74, 6) is 0. The zero-order chi connectivity index (χ0) is 13.9. The van der Waals surface area contributed by atoms with Crippen molar-refractivity contribution in [2.24, 2.45) is 0 Å². The van der Waals surface area contributed by atoms with Crippen molar-refractivity contribution < 1.29 is 4.79 Å². The van der Waals surface area contributed by atoms with Gasteiger partial charge in [0.25, 0.3) is 0 Å². The molecule has 0 aliphatic carbocycles. The lowest BCUT2D eigenvalue weighted by atomic mass is 10.1. The molecule has 2 heterocycles. The van der Waals surface area contributed by atoms with Gasteiger partial charge < -0.3 is 4.57 Å². The number of hydrogen-bond donors (Lipinski definition) is 0. The lowest BCUT2D eigenvalue weighted by molar-refractivity contribution is 0.112. The summed E-state index contributed by atoms with van der Waals surface area (Å²) in [5.41, 5.74) is 2.99. The molecule has 3 rings (SSSR count). The maximum atomic E-state index is 11.2. The van der Waals surface area contributed by atoms with E-state index in [1.165, 1.54) is 0 Å². The van der Waals surface area contributed by atoms with Crippen molar-refractivity contribution in [2.75, 3.05) is 0 Å². The van der Waals surface area contributed by atoms with E-state index in [1.807, 2.05) is 28.8 Å². The quantitative estimate of drug-likeness (QED) is 0.681. The number of aromatic nitrogens is 2. The Labute approximate surface area is 115 Å². The second kappa shape index (κ2) is 4.98.